The zero-order chi connectivity index (χ0) is 31.4. The van der Waals surface area contributed by atoms with Gasteiger partial charge in [0.1, 0.15) is 36.5 Å². The van der Waals surface area contributed by atoms with Crippen molar-refractivity contribution in [2.75, 3.05) is 11.5 Å². The van der Waals surface area contributed by atoms with Crippen molar-refractivity contribution in [3.8, 4) is 0 Å². The molecule has 5 heterocycles. The van der Waals surface area contributed by atoms with Crippen LogP contribution in [0.15, 0.2) is 28.2 Å². The number of imidazole rings is 1. The standard InChI is InChI=1S/C19H26N8O14P2/c20-9-1-2-26(19(32)23-9)10-3-6(28)14(39-10)8(40-43(36,37)41-42(33,34)35)4-7-12(29)13(30)17(38-7)27-5-22-11-15(27)24-18(21)25-16(11)31/h1-2,5-8,10,12-14,17,28-30H,3-4H2,(H,36,37)(H2,20,23,32)(H2,33,34,35)(H3,21,24,25,31)/t6-,7+,8?,10+,12-,13+,14+,17+/m0/s1. The molecule has 43 heavy (non-hydrogen) atoms. The summed E-state index contributed by atoms with van der Waals surface area (Å²) in [6.07, 6.45) is -11.1. The molecule has 22 nitrogen and oxygen atoms in total. The maximum absolute atomic E-state index is 12.5. The molecule has 2 aliphatic heterocycles. The van der Waals surface area contributed by atoms with E-state index in [2.05, 4.69) is 24.2 Å². The van der Waals surface area contributed by atoms with Crippen LogP contribution in [0.4, 0.5) is 11.8 Å². The summed E-state index contributed by atoms with van der Waals surface area (Å²) in [5.74, 6) is -0.375. The summed E-state index contributed by atoms with van der Waals surface area (Å²) in [5.41, 5.74) is 9.27. The third-order valence-corrected chi connectivity index (χ3v) is 8.88. The van der Waals surface area contributed by atoms with Crippen LogP contribution in [0.25, 0.3) is 11.2 Å². The van der Waals surface area contributed by atoms with E-state index in [1.165, 1.54) is 12.3 Å². The molecular formula is C19H26N8O14P2. The highest BCUT2D eigenvalue weighted by atomic mass is 31.3. The molecule has 24 heteroatoms. The molecule has 11 N–H and O–H groups in total. The van der Waals surface area contributed by atoms with Crippen molar-refractivity contribution in [3.05, 3.63) is 39.4 Å². The van der Waals surface area contributed by atoms with E-state index in [9.17, 15) is 38.9 Å². The number of H-pyrrole nitrogens is 1. The van der Waals surface area contributed by atoms with E-state index >= 15 is 0 Å². The van der Waals surface area contributed by atoms with Crippen molar-refractivity contribution < 1.29 is 57.4 Å². The van der Waals surface area contributed by atoms with E-state index in [0.29, 0.717) is 0 Å². The highest BCUT2D eigenvalue weighted by Crippen LogP contribution is 2.59. The Morgan fingerprint density at radius 2 is 1.81 bits per heavy atom. The normalized spacial score (nSPS) is 30.0. The third-order valence-electron chi connectivity index (χ3n) is 6.67. The van der Waals surface area contributed by atoms with Crippen LogP contribution in [0.5, 0.6) is 0 Å². The van der Waals surface area contributed by atoms with Gasteiger partial charge in [-0.25, -0.2) is 18.9 Å². The minimum Gasteiger partial charge on any atom is -0.390 e. The topological polar surface area (TPSA) is 343 Å². The lowest BCUT2D eigenvalue weighted by atomic mass is 9.98. The zero-order valence-corrected chi connectivity index (χ0v) is 23.3. The second-order valence-electron chi connectivity index (χ2n) is 9.64. The molecule has 9 atom stereocenters. The van der Waals surface area contributed by atoms with Crippen LogP contribution in [-0.4, -0.2) is 95.7 Å². The van der Waals surface area contributed by atoms with Gasteiger partial charge in [-0.1, -0.05) is 0 Å². The molecule has 3 aromatic heterocycles. The average molecular weight is 652 g/mol. The summed E-state index contributed by atoms with van der Waals surface area (Å²) < 4.78 is 46.2. The predicted molar refractivity (Wildman–Crippen MR) is 138 cm³/mol. The minimum atomic E-state index is -5.58. The van der Waals surface area contributed by atoms with E-state index in [1.54, 1.807) is 0 Å². The summed E-state index contributed by atoms with van der Waals surface area (Å²) in [6.45, 7) is 0. The maximum atomic E-state index is 12.5. The summed E-state index contributed by atoms with van der Waals surface area (Å²) in [4.78, 5) is 66.3. The molecule has 2 fully saturated rings. The number of phosphoric acid groups is 2. The summed E-state index contributed by atoms with van der Waals surface area (Å²) >= 11 is 0. The van der Waals surface area contributed by atoms with Crippen LogP contribution in [-0.2, 0) is 27.4 Å². The van der Waals surface area contributed by atoms with Crippen molar-refractivity contribution in [2.24, 2.45) is 0 Å². The molecule has 0 spiro atoms. The van der Waals surface area contributed by atoms with Gasteiger partial charge in [-0.05, 0) is 6.07 Å². The highest BCUT2D eigenvalue weighted by Gasteiger charge is 2.50. The molecule has 0 amide bonds. The lowest BCUT2D eigenvalue weighted by molar-refractivity contribution is -0.106. The molecule has 5 rings (SSSR count). The van der Waals surface area contributed by atoms with Crippen molar-refractivity contribution in [2.45, 2.75) is 61.9 Å². The monoisotopic (exact) mass is 652 g/mol. The molecule has 3 aromatic rings. The Balaban J connectivity index is 1.43. The van der Waals surface area contributed by atoms with Crippen LogP contribution in [0.1, 0.15) is 25.3 Å². The van der Waals surface area contributed by atoms with Gasteiger partial charge < -0.3 is 50.9 Å². The van der Waals surface area contributed by atoms with Gasteiger partial charge in [0.15, 0.2) is 17.4 Å². The SMILES string of the molecule is Nc1ccn([C@H]2C[C@H](O)[C@H](C(C[C@H]3O[C@@H](n4cnc5c(=O)[nH]c(N)nc54)[C@H](O)[C@H]3O)OP(=O)(O)OP(=O)(O)O)O2)c(=O)n1. The highest BCUT2D eigenvalue weighted by molar-refractivity contribution is 7.60. The maximum Gasteiger partial charge on any atom is 0.481 e. The number of hydrogen-bond donors (Lipinski definition) is 9. The van der Waals surface area contributed by atoms with Gasteiger partial charge in [0.25, 0.3) is 5.56 Å². The van der Waals surface area contributed by atoms with Crippen molar-refractivity contribution in [3.63, 3.8) is 0 Å². The quantitative estimate of drug-likeness (QED) is 0.103. The molecule has 0 radical (unpaired) electrons. The summed E-state index contributed by atoms with van der Waals surface area (Å²) in [7, 11) is -11.2. The second kappa shape index (κ2) is 11.4. The van der Waals surface area contributed by atoms with E-state index in [4.69, 9.17) is 35.3 Å². The van der Waals surface area contributed by atoms with Crippen LogP contribution < -0.4 is 22.7 Å². The van der Waals surface area contributed by atoms with Gasteiger partial charge in [0.05, 0.1) is 18.5 Å². The summed E-state index contributed by atoms with van der Waals surface area (Å²) in [6, 6.07) is 1.27. The first-order valence-corrected chi connectivity index (χ1v) is 15.3. The first kappa shape index (κ1) is 31.3. The number of aromatic amines is 1. The summed E-state index contributed by atoms with van der Waals surface area (Å²) in [5, 5.41) is 32.4. The molecule has 2 unspecified atom stereocenters. The molecular weight excluding hydrogens is 626 g/mol. The molecule has 0 bridgehead atoms. The van der Waals surface area contributed by atoms with Crippen LogP contribution in [0.2, 0.25) is 0 Å². The average Bonchev–Trinajstić information content (AvgIpc) is 3.54. The molecule has 236 valence electrons. The van der Waals surface area contributed by atoms with Gasteiger partial charge in [0, 0.05) is 19.0 Å². The number of fused-ring (bicyclic) bond motifs is 1. The molecule has 0 aromatic carbocycles. The van der Waals surface area contributed by atoms with Crippen LogP contribution >= 0.6 is 15.6 Å². The fourth-order valence-corrected chi connectivity index (χ4v) is 6.68. The second-order valence-corrected chi connectivity index (χ2v) is 12.4. The molecule has 2 saturated heterocycles. The first-order valence-electron chi connectivity index (χ1n) is 12.2. The van der Waals surface area contributed by atoms with Gasteiger partial charge >= 0.3 is 21.3 Å². The Bertz CT molecular complexity index is 1720. The number of aliphatic hydroxyl groups excluding tert-OH is 3. The Labute approximate surface area is 238 Å². The van der Waals surface area contributed by atoms with E-state index < -0.39 is 82.4 Å². The van der Waals surface area contributed by atoms with Crippen molar-refractivity contribution >= 4 is 38.6 Å². The third kappa shape index (κ3) is 6.55. The smallest absolute Gasteiger partial charge is 0.390 e. The number of phosphoric ester groups is 1. The van der Waals surface area contributed by atoms with E-state index in [1.807, 2.05) is 0 Å². The molecule has 2 aliphatic rings. The number of nitrogens with two attached hydrogens (primary N) is 2. The number of anilines is 2. The molecule has 0 saturated carbocycles. The number of hydrogen-bond acceptors (Lipinski definition) is 16. The van der Waals surface area contributed by atoms with Gasteiger partial charge in [-0.15, -0.1) is 0 Å². The Hall–Kier alpha value is -3.11. The van der Waals surface area contributed by atoms with Crippen LogP contribution in [0, 0.1) is 0 Å². The fraction of sp³-hybridized carbons (Fsp3) is 0.526. The van der Waals surface area contributed by atoms with Crippen molar-refractivity contribution in [1.29, 1.82) is 0 Å². The lowest BCUT2D eigenvalue weighted by Crippen LogP contribution is -2.41. The number of aromatic nitrogens is 6. The number of nitrogens with zero attached hydrogens (tertiary/aromatic N) is 5. The Kier molecular flexibility index (Phi) is 8.33. The molecule has 0 aliphatic carbocycles. The number of aliphatic hydroxyl groups is 3. The van der Waals surface area contributed by atoms with Crippen molar-refractivity contribution in [1.82, 2.24) is 29.1 Å². The number of ether oxygens (including phenoxy) is 2. The minimum absolute atomic E-state index is 0.0954. The van der Waals surface area contributed by atoms with Gasteiger partial charge in [-0.2, -0.15) is 14.3 Å². The Morgan fingerprint density at radius 3 is 2.49 bits per heavy atom. The number of nitrogen functional groups attached to an aromatic ring is 2. The largest absolute Gasteiger partial charge is 0.481 e. The van der Waals surface area contributed by atoms with E-state index in [-0.39, 0.29) is 29.4 Å². The number of rotatable bonds is 9. The lowest BCUT2D eigenvalue weighted by Gasteiger charge is -2.29. The van der Waals surface area contributed by atoms with Gasteiger partial charge in [0.2, 0.25) is 5.95 Å². The van der Waals surface area contributed by atoms with Gasteiger partial charge in [-0.3, -0.25) is 23.4 Å². The Morgan fingerprint density at radius 1 is 1.09 bits per heavy atom. The first-order chi connectivity index (χ1) is 20.0. The predicted octanol–water partition coefficient (Wildman–Crippen LogP) is -3.21. The number of nitrogens with one attached hydrogen (secondary N) is 1. The fourth-order valence-electron chi connectivity index (χ4n) is 4.90. The van der Waals surface area contributed by atoms with E-state index in [0.717, 1.165) is 15.5 Å². The van der Waals surface area contributed by atoms with Crippen LogP contribution in [0.3, 0.4) is 0 Å². The zero-order valence-electron chi connectivity index (χ0n) is 21.5.